The number of Topliss-reactive ketones (excluding diaryl/α,β-unsaturated/α-hetero) is 1. The van der Waals surface area contributed by atoms with E-state index in [0.717, 1.165) is 6.92 Å². The van der Waals surface area contributed by atoms with Crippen molar-refractivity contribution >= 4 is 23.3 Å². The van der Waals surface area contributed by atoms with Crippen LogP contribution in [0.5, 0.6) is 17.2 Å². The first-order chi connectivity index (χ1) is 20.2. The predicted molar refractivity (Wildman–Crippen MR) is 140 cm³/mol. The van der Waals surface area contributed by atoms with E-state index in [2.05, 4.69) is 0 Å². The summed E-state index contributed by atoms with van der Waals surface area (Å²) in [5, 5.41) is 54.6. The van der Waals surface area contributed by atoms with Crippen molar-refractivity contribution in [3.63, 3.8) is 0 Å². The molecule has 5 N–H and O–H groups in total. The van der Waals surface area contributed by atoms with Crippen molar-refractivity contribution in [1.29, 1.82) is 0 Å². The van der Waals surface area contributed by atoms with E-state index < -0.39 is 108 Å². The number of carbonyl (C=O) groups is 4. The maximum Gasteiger partial charge on any atom is 0.303 e. The zero-order valence-corrected chi connectivity index (χ0v) is 23.2. The topological polar surface area (TPSA) is 206 Å². The normalized spacial score (nSPS) is 29.7. The molecule has 2 aromatic carbocycles. The number of carbonyl (C=O) groups excluding carboxylic acids is 4. The molecule has 14 heteroatoms. The first-order valence-corrected chi connectivity index (χ1v) is 13.3. The molecule has 2 aliphatic carbocycles. The van der Waals surface area contributed by atoms with Crippen molar-refractivity contribution < 1.29 is 68.0 Å². The summed E-state index contributed by atoms with van der Waals surface area (Å²) in [6.45, 7) is 1.48. The number of aromatic hydroxyl groups is 2. The fraction of sp³-hybridized carbons (Fsp3) is 0.448. The number of esters is 1. The second-order valence-electron chi connectivity index (χ2n) is 10.8. The molecule has 0 bridgehead atoms. The van der Waals surface area contributed by atoms with Crippen molar-refractivity contribution in [1.82, 2.24) is 0 Å². The third kappa shape index (κ3) is 4.84. The van der Waals surface area contributed by atoms with Crippen molar-refractivity contribution in [2.75, 3.05) is 13.7 Å². The number of fused-ring (bicyclic) bond motifs is 3. The number of hydrogen-bond donors (Lipinski definition) is 5. The molecule has 1 fully saturated rings. The Morgan fingerprint density at radius 1 is 1.07 bits per heavy atom. The van der Waals surface area contributed by atoms with Gasteiger partial charge in [0.15, 0.2) is 24.9 Å². The standard InChI is InChI=1S/C29H29FO13/c1-10-22(33)27(38)21(30)28(42-10)43-15-8-29(39,16(32)9-41-11(2)31)7-13-18(15)26(37)20-19(24(13)35)23(34)12-5-4-6-14(40-3)17(12)25(20)36/h4-6,10,15,21-22,27-28,33,35,37-39H,7-9H2,1-3H3. The lowest BCUT2D eigenvalue weighted by Gasteiger charge is -2.43. The second kappa shape index (κ2) is 11.0. The van der Waals surface area contributed by atoms with Crippen molar-refractivity contribution in [3.8, 4) is 17.2 Å². The summed E-state index contributed by atoms with van der Waals surface area (Å²) in [7, 11) is 1.27. The highest BCUT2D eigenvalue weighted by atomic mass is 19.1. The van der Waals surface area contributed by atoms with Gasteiger partial charge in [0.1, 0.15) is 35.1 Å². The van der Waals surface area contributed by atoms with Gasteiger partial charge < -0.3 is 44.5 Å². The number of alkyl halides is 1. The van der Waals surface area contributed by atoms with Gasteiger partial charge in [0.2, 0.25) is 11.6 Å². The number of ether oxygens (including phenoxy) is 4. The SMILES string of the molecule is COc1cccc2c1C(=O)c1c(O)c3c(c(O)c1C2=O)CC(O)(C(=O)COC(C)=O)CC3OC1OC(C)C(O)C(O)C1F. The Kier molecular flexibility index (Phi) is 7.77. The lowest BCUT2D eigenvalue weighted by atomic mass is 9.72. The van der Waals surface area contributed by atoms with Gasteiger partial charge in [-0.25, -0.2) is 4.39 Å². The summed E-state index contributed by atoms with van der Waals surface area (Å²) >= 11 is 0. The first kappa shape index (κ1) is 30.5. The Morgan fingerprint density at radius 2 is 1.74 bits per heavy atom. The molecule has 1 aliphatic heterocycles. The molecule has 3 aliphatic rings. The molecular formula is C29H29FO13. The van der Waals surface area contributed by atoms with Crippen LogP contribution in [0.3, 0.4) is 0 Å². The summed E-state index contributed by atoms with van der Waals surface area (Å²) in [5.74, 6) is -5.26. The molecule has 230 valence electrons. The summed E-state index contributed by atoms with van der Waals surface area (Å²) in [6, 6.07) is 4.20. The molecule has 0 amide bonds. The van der Waals surface area contributed by atoms with Gasteiger partial charge in [-0.1, -0.05) is 12.1 Å². The highest BCUT2D eigenvalue weighted by Gasteiger charge is 2.52. The Hall–Kier alpha value is -3.95. The molecule has 7 unspecified atom stereocenters. The molecule has 7 atom stereocenters. The van der Waals surface area contributed by atoms with Gasteiger partial charge in [-0.05, 0) is 13.0 Å². The van der Waals surface area contributed by atoms with Crippen LogP contribution < -0.4 is 4.74 Å². The van der Waals surface area contributed by atoms with Crippen LogP contribution in [0.25, 0.3) is 0 Å². The molecule has 13 nitrogen and oxygen atoms in total. The fourth-order valence-corrected chi connectivity index (χ4v) is 5.81. The molecule has 1 saturated heterocycles. The number of aliphatic hydroxyl groups excluding tert-OH is 2. The molecule has 0 spiro atoms. The number of ketones is 3. The van der Waals surface area contributed by atoms with E-state index in [1.807, 2.05) is 0 Å². The first-order valence-electron chi connectivity index (χ1n) is 13.3. The molecule has 2 aromatic rings. The minimum atomic E-state index is -2.45. The Morgan fingerprint density at radius 3 is 2.40 bits per heavy atom. The lowest BCUT2D eigenvalue weighted by Crippen LogP contribution is -2.56. The zero-order chi connectivity index (χ0) is 31.5. The molecule has 1 heterocycles. The lowest BCUT2D eigenvalue weighted by molar-refractivity contribution is -0.294. The van der Waals surface area contributed by atoms with Crippen molar-refractivity contribution in [2.45, 2.75) is 69.2 Å². The van der Waals surface area contributed by atoms with Crippen LogP contribution >= 0.6 is 0 Å². The van der Waals surface area contributed by atoms with Crippen LogP contribution in [-0.2, 0) is 30.2 Å². The number of rotatable bonds is 6. The van der Waals surface area contributed by atoms with E-state index in [4.69, 9.17) is 18.9 Å². The van der Waals surface area contributed by atoms with Crippen LogP contribution in [0.15, 0.2) is 18.2 Å². The molecule has 0 aromatic heterocycles. The average molecular weight is 605 g/mol. The van der Waals surface area contributed by atoms with Gasteiger partial charge >= 0.3 is 5.97 Å². The number of methoxy groups -OCH3 is 1. The van der Waals surface area contributed by atoms with Gasteiger partial charge in [0.05, 0.1) is 36.0 Å². The van der Waals surface area contributed by atoms with E-state index in [-0.39, 0.29) is 28.0 Å². The number of phenolic OH excluding ortho intramolecular Hbond substituents is 2. The van der Waals surface area contributed by atoms with Gasteiger partial charge in [0, 0.05) is 36.5 Å². The van der Waals surface area contributed by atoms with Crippen LogP contribution in [0.2, 0.25) is 0 Å². The maximum atomic E-state index is 15.1. The number of aliphatic hydroxyl groups is 3. The fourth-order valence-electron chi connectivity index (χ4n) is 5.81. The molecule has 43 heavy (non-hydrogen) atoms. The van der Waals surface area contributed by atoms with E-state index in [9.17, 15) is 44.7 Å². The number of halogens is 1. The van der Waals surface area contributed by atoms with Crippen LogP contribution in [-0.4, -0.2) is 98.9 Å². The molecular weight excluding hydrogens is 575 g/mol. The Labute approximate surface area is 243 Å². The number of phenols is 2. The van der Waals surface area contributed by atoms with Crippen molar-refractivity contribution in [3.05, 3.63) is 51.6 Å². The van der Waals surface area contributed by atoms with E-state index in [0.29, 0.717) is 0 Å². The third-order valence-corrected chi connectivity index (χ3v) is 8.07. The Balaban J connectivity index is 1.68. The summed E-state index contributed by atoms with van der Waals surface area (Å²) in [6.07, 6.45) is -12.1. The van der Waals surface area contributed by atoms with E-state index in [1.54, 1.807) is 0 Å². The predicted octanol–water partition coefficient (Wildman–Crippen LogP) is 0.554. The zero-order valence-electron chi connectivity index (χ0n) is 23.2. The highest BCUT2D eigenvalue weighted by Crippen LogP contribution is 2.52. The molecule has 0 radical (unpaired) electrons. The summed E-state index contributed by atoms with van der Waals surface area (Å²) < 4.78 is 36.2. The minimum absolute atomic E-state index is 0.0220. The van der Waals surface area contributed by atoms with Crippen LogP contribution in [0.1, 0.15) is 69.3 Å². The summed E-state index contributed by atoms with van der Waals surface area (Å²) in [5.41, 5.74) is -4.66. The molecule has 0 saturated carbocycles. The average Bonchev–Trinajstić information content (AvgIpc) is 2.97. The Bertz CT molecular complexity index is 1540. The van der Waals surface area contributed by atoms with Gasteiger partial charge in [-0.3, -0.25) is 19.2 Å². The minimum Gasteiger partial charge on any atom is -0.507 e. The second-order valence-corrected chi connectivity index (χ2v) is 10.8. The largest absolute Gasteiger partial charge is 0.507 e. The number of benzene rings is 2. The molecule has 5 rings (SSSR count). The maximum absolute atomic E-state index is 15.1. The smallest absolute Gasteiger partial charge is 0.303 e. The highest BCUT2D eigenvalue weighted by molar-refractivity contribution is 6.31. The quantitative estimate of drug-likeness (QED) is 0.193. The summed E-state index contributed by atoms with van der Waals surface area (Å²) in [4.78, 5) is 51.7. The third-order valence-electron chi connectivity index (χ3n) is 8.07. The van der Waals surface area contributed by atoms with Crippen LogP contribution in [0.4, 0.5) is 4.39 Å². The van der Waals surface area contributed by atoms with Gasteiger partial charge in [0.25, 0.3) is 0 Å². The number of hydrogen-bond acceptors (Lipinski definition) is 13. The van der Waals surface area contributed by atoms with Gasteiger partial charge in [-0.15, -0.1) is 0 Å². The van der Waals surface area contributed by atoms with Crippen LogP contribution in [0, 0.1) is 0 Å². The van der Waals surface area contributed by atoms with Crippen molar-refractivity contribution in [2.24, 2.45) is 0 Å². The van der Waals surface area contributed by atoms with E-state index in [1.165, 1.54) is 32.2 Å². The van der Waals surface area contributed by atoms with E-state index >= 15 is 4.39 Å². The monoisotopic (exact) mass is 604 g/mol. The van der Waals surface area contributed by atoms with Gasteiger partial charge in [-0.2, -0.15) is 0 Å².